The molecule has 174 valence electrons. The maximum absolute atomic E-state index is 12.9. The number of thiophene rings is 1. The third-order valence-corrected chi connectivity index (χ3v) is 6.45. The van der Waals surface area contributed by atoms with Crippen LogP contribution in [0.5, 0.6) is 0 Å². The summed E-state index contributed by atoms with van der Waals surface area (Å²) in [7, 11) is 3.29. The number of esters is 2. The number of hydrogen-bond acceptors (Lipinski definition) is 8. The van der Waals surface area contributed by atoms with E-state index in [4.69, 9.17) is 9.47 Å². The van der Waals surface area contributed by atoms with Gasteiger partial charge in [-0.1, -0.05) is 0 Å². The van der Waals surface area contributed by atoms with Crippen molar-refractivity contribution in [3.8, 4) is 0 Å². The second-order valence-corrected chi connectivity index (χ2v) is 10.1. The predicted molar refractivity (Wildman–Crippen MR) is 116 cm³/mol. The molecule has 1 fully saturated rings. The van der Waals surface area contributed by atoms with E-state index < -0.39 is 36.2 Å². The van der Waals surface area contributed by atoms with E-state index >= 15 is 0 Å². The molecular weight excluding hydrogens is 436 g/mol. The van der Waals surface area contributed by atoms with Gasteiger partial charge in [-0.05, 0) is 40.2 Å². The molecule has 3 heterocycles. The fourth-order valence-corrected chi connectivity index (χ4v) is 4.71. The monoisotopic (exact) mass is 464 g/mol. The van der Waals surface area contributed by atoms with Crippen molar-refractivity contribution in [1.29, 1.82) is 0 Å². The van der Waals surface area contributed by atoms with Crippen molar-refractivity contribution in [2.45, 2.75) is 46.3 Å². The van der Waals surface area contributed by atoms with E-state index in [1.54, 1.807) is 53.2 Å². The largest absolute Gasteiger partial charge is 0.427 e. The number of rotatable bonds is 6. The maximum Gasteiger partial charge on any atom is 0.358 e. The summed E-state index contributed by atoms with van der Waals surface area (Å²) in [4.78, 5) is 53.3. The zero-order valence-electron chi connectivity index (χ0n) is 19.0. The van der Waals surface area contributed by atoms with Crippen LogP contribution in [0, 0.1) is 11.3 Å². The Balaban J connectivity index is 1.87. The van der Waals surface area contributed by atoms with Crippen molar-refractivity contribution in [1.82, 2.24) is 9.80 Å². The summed E-state index contributed by atoms with van der Waals surface area (Å²) in [6, 6.07) is 1.32. The number of ether oxygens (including phenoxy) is 2. The Labute approximate surface area is 190 Å². The molecule has 0 aliphatic carbocycles. The molecule has 2 unspecified atom stereocenters. The van der Waals surface area contributed by atoms with Crippen molar-refractivity contribution in [3.63, 3.8) is 0 Å². The fraction of sp³-hybridized carbons (Fsp3) is 0.545. The van der Waals surface area contributed by atoms with E-state index in [1.807, 2.05) is 0 Å². The van der Waals surface area contributed by atoms with E-state index in [0.29, 0.717) is 22.4 Å². The molecule has 3 atom stereocenters. The minimum absolute atomic E-state index is 0.0643. The van der Waals surface area contributed by atoms with Crippen molar-refractivity contribution >= 4 is 40.7 Å². The SMILES string of the molecule is C[C@@H](O)C1C(=O)N2C(C(=O)OCOC(=O)C(C)(C)C)=C(c3cc(C(=O)N(C)C)cs3)CC12. The zero-order valence-corrected chi connectivity index (χ0v) is 19.8. The topological polar surface area (TPSA) is 113 Å². The Morgan fingerprint density at radius 3 is 2.50 bits per heavy atom. The van der Waals surface area contributed by atoms with Crippen LogP contribution in [0.3, 0.4) is 0 Å². The summed E-state index contributed by atoms with van der Waals surface area (Å²) < 4.78 is 10.2. The molecule has 1 N–H and O–H groups in total. The van der Waals surface area contributed by atoms with E-state index in [2.05, 4.69) is 0 Å². The van der Waals surface area contributed by atoms with E-state index in [9.17, 15) is 24.3 Å². The number of carbonyl (C=O) groups is 4. The zero-order chi connectivity index (χ0) is 24.0. The molecule has 2 aliphatic rings. The van der Waals surface area contributed by atoms with Crippen molar-refractivity contribution < 1.29 is 33.8 Å². The molecule has 0 aromatic carbocycles. The fourth-order valence-electron chi connectivity index (χ4n) is 3.77. The van der Waals surface area contributed by atoms with Gasteiger partial charge in [0.05, 0.1) is 29.0 Å². The highest BCUT2D eigenvalue weighted by Gasteiger charge is 2.57. The summed E-state index contributed by atoms with van der Waals surface area (Å²) in [6.07, 6.45) is -0.508. The standard InChI is InChI=1S/C22H28N2O7S/c1-11(25)16-14-8-13(15-7-12(9-32-15)18(26)23(5)6)17(24(14)19(16)27)20(28)30-10-31-21(29)22(2,3)4/h7,9,11,14,16,25H,8,10H2,1-6H3/t11-,14?,16?/m1/s1. The summed E-state index contributed by atoms with van der Waals surface area (Å²) in [6.45, 7) is 6.00. The lowest BCUT2D eigenvalue weighted by Gasteiger charge is -2.44. The minimum Gasteiger partial charge on any atom is -0.427 e. The van der Waals surface area contributed by atoms with Crippen LogP contribution in [0.15, 0.2) is 17.1 Å². The van der Waals surface area contributed by atoms with Crippen LogP contribution in [0.25, 0.3) is 5.57 Å². The highest BCUT2D eigenvalue weighted by molar-refractivity contribution is 7.11. The first-order chi connectivity index (χ1) is 14.8. The minimum atomic E-state index is -0.859. The van der Waals surface area contributed by atoms with Gasteiger partial charge < -0.3 is 24.4 Å². The molecule has 1 saturated heterocycles. The van der Waals surface area contributed by atoms with Crippen LogP contribution in [0.2, 0.25) is 0 Å². The summed E-state index contributed by atoms with van der Waals surface area (Å²) in [5.41, 5.74) is 0.359. The van der Waals surface area contributed by atoms with Crippen LogP contribution in [-0.2, 0) is 23.9 Å². The number of aliphatic hydroxyl groups is 1. The van der Waals surface area contributed by atoms with Crippen molar-refractivity contribution in [2.75, 3.05) is 20.9 Å². The second kappa shape index (κ2) is 8.67. The van der Waals surface area contributed by atoms with Crippen molar-refractivity contribution in [2.24, 2.45) is 11.3 Å². The number of carbonyl (C=O) groups excluding carboxylic acids is 4. The van der Waals surface area contributed by atoms with Crippen LogP contribution in [0.1, 0.15) is 49.4 Å². The third-order valence-electron chi connectivity index (χ3n) is 5.46. The highest BCUT2D eigenvalue weighted by Crippen LogP contribution is 2.48. The molecule has 2 amide bonds. The lowest BCUT2D eigenvalue weighted by atomic mass is 9.83. The Bertz CT molecular complexity index is 987. The lowest BCUT2D eigenvalue weighted by molar-refractivity contribution is -0.175. The summed E-state index contributed by atoms with van der Waals surface area (Å²) >= 11 is 1.29. The predicted octanol–water partition coefficient (Wildman–Crippen LogP) is 1.86. The first-order valence-electron chi connectivity index (χ1n) is 10.2. The highest BCUT2D eigenvalue weighted by atomic mass is 32.1. The van der Waals surface area contributed by atoms with Crippen LogP contribution in [-0.4, -0.2) is 71.7 Å². The third kappa shape index (κ3) is 4.29. The maximum atomic E-state index is 12.9. The number of nitrogens with zero attached hydrogens (tertiary/aromatic N) is 2. The first-order valence-corrected chi connectivity index (χ1v) is 11.1. The quantitative estimate of drug-likeness (QED) is 0.388. The summed E-state index contributed by atoms with van der Waals surface area (Å²) in [5, 5.41) is 11.7. The molecule has 0 radical (unpaired) electrons. The average molecular weight is 465 g/mol. The molecule has 3 rings (SSSR count). The number of β-lactam (4-membered cyclic amide) rings is 1. The van der Waals surface area contributed by atoms with Gasteiger partial charge in [0.1, 0.15) is 5.70 Å². The normalized spacial score (nSPS) is 21.1. The van der Waals surface area contributed by atoms with Gasteiger partial charge in [-0.3, -0.25) is 14.4 Å². The van der Waals surface area contributed by atoms with E-state index in [1.165, 1.54) is 21.1 Å². The van der Waals surface area contributed by atoms with Gasteiger partial charge in [-0.15, -0.1) is 11.3 Å². The molecule has 9 nitrogen and oxygen atoms in total. The van der Waals surface area contributed by atoms with E-state index in [-0.39, 0.29) is 23.6 Å². The van der Waals surface area contributed by atoms with Gasteiger partial charge in [-0.25, -0.2) is 4.79 Å². The Kier molecular flexibility index (Phi) is 6.48. The van der Waals surface area contributed by atoms with Gasteiger partial charge in [0.25, 0.3) is 5.91 Å². The van der Waals surface area contributed by atoms with Gasteiger partial charge >= 0.3 is 11.9 Å². The first kappa shape index (κ1) is 23.9. The molecule has 0 spiro atoms. The number of fused-ring (bicyclic) bond motifs is 1. The van der Waals surface area contributed by atoms with Crippen LogP contribution >= 0.6 is 11.3 Å². The number of aliphatic hydroxyl groups excluding tert-OH is 1. The molecule has 0 bridgehead atoms. The molecule has 10 heteroatoms. The van der Waals surface area contributed by atoms with Crippen molar-refractivity contribution in [3.05, 3.63) is 27.6 Å². The molecule has 2 aliphatic heterocycles. The second-order valence-electron chi connectivity index (χ2n) is 9.20. The van der Waals surface area contributed by atoms with Gasteiger partial charge in [0.2, 0.25) is 12.7 Å². The Morgan fingerprint density at radius 2 is 1.94 bits per heavy atom. The lowest BCUT2D eigenvalue weighted by Crippen LogP contribution is -2.61. The summed E-state index contributed by atoms with van der Waals surface area (Å²) in [5.74, 6) is -2.47. The van der Waals surface area contributed by atoms with E-state index in [0.717, 1.165) is 0 Å². The average Bonchev–Trinajstić information content (AvgIpc) is 3.28. The Hall–Kier alpha value is -2.72. The molecule has 1 aromatic rings. The Morgan fingerprint density at radius 1 is 1.28 bits per heavy atom. The molecule has 1 aromatic heterocycles. The van der Waals surface area contributed by atoms with Gasteiger partial charge in [0, 0.05) is 29.9 Å². The van der Waals surface area contributed by atoms with Crippen LogP contribution < -0.4 is 0 Å². The molecule has 32 heavy (non-hydrogen) atoms. The van der Waals surface area contributed by atoms with Gasteiger partial charge in [0.15, 0.2) is 0 Å². The van der Waals surface area contributed by atoms with Crippen LogP contribution in [0.4, 0.5) is 0 Å². The molecular formula is C22H28N2O7S. The number of hydrogen-bond donors (Lipinski definition) is 1. The number of amides is 2. The smallest absolute Gasteiger partial charge is 0.358 e. The van der Waals surface area contributed by atoms with Gasteiger partial charge in [-0.2, -0.15) is 0 Å². The molecule has 0 saturated carbocycles.